The van der Waals surface area contributed by atoms with Crippen molar-refractivity contribution in [3.05, 3.63) is 65.2 Å². The van der Waals surface area contributed by atoms with Gasteiger partial charge in [-0.15, -0.1) is 0 Å². The first-order valence-corrected chi connectivity index (χ1v) is 10.4. The van der Waals surface area contributed by atoms with Crippen molar-refractivity contribution in [2.75, 3.05) is 18.4 Å². The molecule has 0 saturated heterocycles. The lowest BCUT2D eigenvalue weighted by molar-refractivity contribution is -0.123. The molecule has 2 rings (SSSR count). The van der Waals surface area contributed by atoms with E-state index in [1.54, 1.807) is 0 Å². The minimum absolute atomic E-state index is 0.0455. The van der Waals surface area contributed by atoms with Crippen LogP contribution in [0.15, 0.2) is 48.5 Å². The van der Waals surface area contributed by atoms with E-state index in [-0.39, 0.29) is 30.9 Å². The van der Waals surface area contributed by atoms with Gasteiger partial charge in [0.25, 0.3) is 0 Å². The molecule has 2 aromatic carbocycles. The lowest BCUT2D eigenvalue weighted by Crippen LogP contribution is -2.40. The van der Waals surface area contributed by atoms with E-state index in [0.29, 0.717) is 5.92 Å². The van der Waals surface area contributed by atoms with Crippen molar-refractivity contribution in [3.63, 3.8) is 0 Å². The highest BCUT2D eigenvalue weighted by Crippen LogP contribution is 2.22. The number of carbonyl (C=O) groups excluding carboxylic acids is 2. The van der Waals surface area contributed by atoms with Crippen LogP contribution in [0, 0.1) is 5.92 Å². The summed E-state index contributed by atoms with van der Waals surface area (Å²) in [6.45, 7) is 8.55. The van der Waals surface area contributed by atoms with E-state index in [9.17, 15) is 9.59 Å². The smallest absolute Gasteiger partial charge is 0.243 e. The average Bonchev–Trinajstić information content (AvgIpc) is 2.73. The molecule has 156 valence electrons. The summed E-state index contributed by atoms with van der Waals surface area (Å²) in [5.74, 6) is -0.0845. The van der Waals surface area contributed by atoms with Gasteiger partial charge in [-0.1, -0.05) is 70.2 Å². The third kappa shape index (κ3) is 7.02. The van der Waals surface area contributed by atoms with Crippen molar-refractivity contribution < 1.29 is 9.59 Å². The molecule has 0 radical (unpaired) electrons. The van der Waals surface area contributed by atoms with Crippen molar-refractivity contribution in [1.82, 2.24) is 10.6 Å². The molecule has 0 saturated carbocycles. The Balaban J connectivity index is 1.83. The summed E-state index contributed by atoms with van der Waals surface area (Å²) in [6.07, 6.45) is 1.84. The van der Waals surface area contributed by atoms with Crippen LogP contribution in [-0.2, 0) is 22.4 Å². The van der Waals surface area contributed by atoms with Crippen LogP contribution in [0.2, 0.25) is 0 Å². The van der Waals surface area contributed by atoms with E-state index in [1.165, 1.54) is 11.1 Å². The van der Waals surface area contributed by atoms with Crippen molar-refractivity contribution in [2.45, 2.75) is 46.6 Å². The number of anilines is 1. The third-order valence-electron chi connectivity index (χ3n) is 5.01. The van der Waals surface area contributed by atoms with Gasteiger partial charge in [0.05, 0.1) is 13.1 Å². The Labute approximate surface area is 174 Å². The van der Waals surface area contributed by atoms with E-state index in [4.69, 9.17) is 0 Å². The number of benzene rings is 2. The maximum Gasteiger partial charge on any atom is 0.243 e. The zero-order chi connectivity index (χ0) is 21.2. The second-order valence-corrected chi connectivity index (χ2v) is 7.53. The standard InChI is InChI=1S/C24H33N3O2/c1-5-18-11-13-20(14-12-18)24(17(3)4)26-15-22(28)25-16-23(29)27-21-10-8-7-9-19(21)6-2/h7-14,17,24,26H,5-6,15-16H2,1-4H3,(H,25,28)(H,27,29)/t24-/m1/s1. The van der Waals surface area contributed by atoms with E-state index < -0.39 is 0 Å². The monoisotopic (exact) mass is 395 g/mol. The Hall–Kier alpha value is -2.66. The van der Waals surface area contributed by atoms with Gasteiger partial charge in [0.15, 0.2) is 0 Å². The summed E-state index contributed by atoms with van der Waals surface area (Å²) < 4.78 is 0. The summed E-state index contributed by atoms with van der Waals surface area (Å²) in [5, 5.41) is 8.87. The highest BCUT2D eigenvalue weighted by molar-refractivity contribution is 5.95. The molecule has 0 aromatic heterocycles. The Kier molecular flexibility index (Phi) is 8.87. The Bertz CT molecular complexity index is 800. The quantitative estimate of drug-likeness (QED) is 0.572. The predicted molar refractivity (Wildman–Crippen MR) is 119 cm³/mol. The van der Waals surface area contributed by atoms with Gasteiger partial charge in [-0.25, -0.2) is 0 Å². The summed E-state index contributed by atoms with van der Waals surface area (Å²) in [4.78, 5) is 24.4. The van der Waals surface area contributed by atoms with Gasteiger partial charge in [-0.2, -0.15) is 0 Å². The molecule has 29 heavy (non-hydrogen) atoms. The van der Waals surface area contributed by atoms with Crippen LogP contribution in [-0.4, -0.2) is 24.9 Å². The zero-order valence-corrected chi connectivity index (χ0v) is 17.9. The maximum absolute atomic E-state index is 12.2. The molecular weight excluding hydrogens is 362 g/mol. The normalized spacial score (nSPS) is 11.9. The van der Waals surface area contributed by atoms with Gasteiger partial charge in [-0.3, -0.25) is 9.59 Å². The maximum atomic E-state index is 12.2. The number of para-hydroxylation sites is 1. The number of amides is 2. The van der Waals surface area contributed by atoms with Gasteiger partial charge >= 0.3 is 0 Å². The van der Waals surface area contributed by atoms with E-state index >= 15 is 0 Å². The van der Waals surface area contributed by atoms with E-state index in [1.807, 2.05) is 31.2 Å². The number of hydrogen-bond acceptors (Lipinski definition) is 3. The molecule has 0 spiro atoms. The zero-order valence-electron chi connectivity index (χ0n) is 17.9. The fourth-order valence-corrected chi connectivity index (χ4v) is 3.29. The van der Waals surface area contributed by atoms with Crippen molar-refractivity contribution in [1.29, 1.82) is 0 Å². The lowest BCUT2D eigenvalue weighted by Gasteiger charge is -2.23. The third-order valence-corrected chi connectivity index (χ3v) is 5.01. The van der Waals surface area contributed by atoms with Crippen LogP contribution >= 0.6 is 0 Å². The molecular formula is C24H33N3O2. The minimum Gasteiger partial charge on any atom is -0.346 e. The molecule has 0 unspecified atom stereocenters. The largest absolute Gasteiger partial charge is 0.346 e. The van der Waals surface area contributed by atoms with Crippen LogP contribution < -0.4 is 16.0 Å². The molecule has 0 fully saturated rings. The fraction of sp³-hybridized carbons (Fsp3) is 0.417. The van der Waals surface area contributed by atoms with Crippen LogP contribution in [0.1, 0.15) is 50.4 Å². The lowest BCUT2D eigenvalue weighted by atomic mass is 9.95. The molecule has 0 aliphatic heterocycles. The first-order valence-electron chi connectivity index (χ1n) is 10.4. The fourth-order valence-electron chi connectivity index (χ4n) is 3.29. The summed E-state index contributed by atoms with van der Waals surface area (Å²) in [6, 6.07) is 16.3. The first-order chi connectivity index (χ1) is 13.9. The van der Waals surface area contributed by atoms with E-state index in [2.05, 4.69) is 61.0 Å². The van der Waals surface area contributed by atoms with Gasteiger partial charge in [0.1, 0.15) is 0 Å². The molecule has 5 heteroatoms. The van der Waals surface area contributed by atoms with Crippen LogP contribution in [0.3, 0.4) is 0 Å². The first kappa shape index (κ1) is 22.6. The number of rotatable bonds is 10. The second-order valence-electron chi connectivity index (χ2n) is 7.53. The molecule has 0 bridgehead atoms. The summed E-state index contributed by atoms with van der Waals surface area (Å²) >= 11 is 0. The topological polar surface area (TPSA) is 70.2 Å². The Morgan fingerprint density at radius 1 is 0.862 bits per heavy atom. The molecule has 3 N–H and O–H groups in total. The Morgan fingerprint density at radius 2 is 1.55 bits per heavy atom. The summed E-state index contributed by atoms with van der Waals surface area (Å²) in [7, 11) is 0. The van der Waals surface area contributed by atoms with Crippen molar-refractivity contribution >= 4 is 17.5 Å². The van der Waals surface area contributed by atoms with Crippen LogP contribution in [0.25, 0.3) is 0 Å². The van der Waals surface area contributed by atoms with Crippen molar-refractivity contribution in [3.8, 4) is 0 Å². The molecule has 0 aliphatic rings. The molecule has 5 nitrogen and oxygen atoms in total. The minimum atomic E-state index is -0.227. The highest BCUT2D eigenvalue weighted by atomic mass is 16.2. The highest BCUT2D eigenvalue weighted by Gasteiger charge is 2.17. The predicted octanol–water partition coefficient (Wildman–Crippen LogP) is 3.85. The van der Waals surface area contributed by atoms with E-state index in [0.717, 1.165) is 24.1 Å². The molecule has 2 amide bonds. The molecule has 0 heterocycles. The van der Waals surface area contributed by atoms with Gasteiger partial charge in [0.2, 0.25) is 11.8 Å². The van der Waals surface area contributed by atoms with Gasteiger partial charge in [0, 0.05) is 11.7 Å². The molecule has 2 aromatic rings. The molecule has 1 atom stereocenters. The average molecular weight is 396 g/mol. The number of carbonyl (C=O) groups is 2. The van der Waals surface area contributed by atoms with Gasteiger partial charge in [-0.05, 0) is 41.5 Å². The number of hydrogen-bond donors (Lipinski definition) is 3. The SMILES string of the molecule is CCc1ccc([C@H](NCC(=O)NCC(=O)Nc2ccccc2CC)C(C)C)cc1. The van der Waals surface area contributed by atoms with Crippen molar-refractivity contribution in [2.24, 2.45) is 5.92 Å². The summed E-state index contributed by atoms with van der Waals surface area (Å²) in [5.41, 5.74) is 4.33. The molecule has 0 aliphatic carbocycles. The number of nitrogens with one attached hydrogen (secondary N) is 3. The van der Waals surface area contributed by atoms with Gasteiger partial charge < -0.3 is 16.0 Å². The van der Waals surface area contributed by atoms with Crippen LogP contribution in [0.5, 0.6) is 0 Å². The van der Waals surface area contributed by atoms with Crippen LogP contribution in [0.4, 0.5) is 5.69 Å². The second kappa shape index (κ2) is 11.4. The number of aryl methyl sites for hydroxylation is 2. The Morgan fingerprint density at radius 3 is 2.17 bits per heavy atom.